The Bertz CT molecular complexity index is 79.3. The fraction of sp³-hybridized carbons (Fsp3) is 1.00. The normalized spacial score (nSPS) is 16.8. The van der Waals surface area contributed by atoms with Crippen LogP contribution in [0.4, 0.5) is 0 Å². The number of nitrogens with two attached hydrogens (primary N) is 2. The average Bonchev–Trinajstić information content (AvgIpc) is 1.89. The Hall–Kier alpha value is -0.0800. The third-order valence-corrected chi connectivity index (χ3v) is 1.82. The van der Waals surface area contributed by atoms with Crippen LogP contribution in [0.5, 0.6) is 0 Å². The lowest BCUT2D eigenvalue weighted by Crippen LogP contribution is -2.43. The molecule has 0 amide bonds. The molecule has 0 aromatic carbocycles. The van der Waals surface area contributed by atoms with E-state index in [9.17, 15) is 0 Å². The Kier molecular flexibility index (Phi) is 4.65. The Morgan fingerprint density at radius 3 is 2.30 bits per heavy atom. The second kappa shape index (κ2) is 4.69. The lowest BCUT2D eigenvalue weighted by atomic mass is 9.96. The molecule has 62 valence electrons. The lowest BCUT2D eigenvalue weighted by molar-refractivity contribution is 0.421. The van der Waals surface area contributed by atoms with Gasteiger partial charge in [-0.05, 0) is 13.3 Å². The molecule has 2 nitrogen and oxygen atoms in total. The van der Waals surface area contributed by atoms with Crippen molar-refractivity contribution in [3.05, 3.63) is 0 Å². The molecule has 0 aromatic rings. The van der Waals surface area contributed by atoms with E-state index in [0.717, 1.165) is 6.42 Å². The van der Waals surface area contributed by atoms with Crippen molar-refractivity contribution in [3.63, 3.8) is 0 Å². The minimum atomic E-state index is -0.130. The van der Waals surface area contributed by atoms with E-state index in [2.05, 4.69) is 6.92 Å². The second-order valence-electron chi connectivity index (χ2n) is 3.32. The molecule has 4 N–H and O–H groups in total. The first-order chi connectivity index (χ1) is 4.62. The number of unbranched alkanes of at least 4 members (excludes halogenated alkanes) is 2. The first kappa shape index (κ1) is 9.92. The summed E-state index contributed by atoms with van der Waals surface area (Å²) in [6, 6.07) is 0. The molecule has 2 heteroatoms. The predicted molar refractivity (Wildman–Crippen MR) is 45.8 cm³/mol. The van der Waals surface area contributed by atoms with E-state index in [0.29, 0.717) is 6.54 Å². The Morgan fingerprint density at radius 1 is 1.30 bits per heavy atom. The van der Waals surface area contributed by atoms with Gasteiger partial charge in [-0.25, -0.2) is 0 Å². The van der Waals surface area contributed by atoms with Gasteiger partial charge in [-0.3, -0.25) is 0 Å². The maximum absolute atomic E-state index is 5.83. The minimum Gasteiger partial charge on any atom is -0.329 e. The van der Waals surface area contributed by atoms with Crippen LogP contribution < -0.4 is 11.5 Å². The molecular weight excluding hydrogens is 124 g/mol. The summed E-state index contributed by atoms with van der Waals surface area (Å²) in [6.45, 7) is 4.80. The molecule has 0 heterocycles. The molecule has 0 bridgehead atoms. The van der Waals surface area contributed by atoms with E-state index < -0.39 is 0 Å². The largest absolute Gasteiger partial charge is 0.329 e. The topological polar surface area (TPSA) is 52.0 Å². The van der Waals surface area contributed by atoms with Gasteiger partial charge in [-0.1, -0.05) is 26.2 Å². The van der Waals surface area contributed by atoms with Crippen molar-refractivity contribution in [2.24, 2.45) is 11.5 Å². The average molecular weight is 144 g/mol. The molecular formula is C8H20N2. The van der Waals surface area contributed by atoms with Gasteiger partial charge < -0.3 is 11.5 Å². The van der Waals surface area contributed by atoms with Crippen LogP contribution in [-0.4, -0.2) is 12.1 Å². The van der Waals surface area contributed by atoms with Crippen LogP contribution in [0.1, 0.15) is 39.5 Å². The van der Waals surface area contributed by atoms with Crippen LogP contribution in [0.2, 0.25) is 0 Å². The van der Waals surface area contributed by atoms with E-state index in [1.54, 1.807) is 0 Å². The molecule has 10 heavy (non-hydrogen) atoms. The molecule has 0 aliphatic heterocycles. The van der Waals surface area contributed by atoms with Crippen molar-refractivity contribution < 1.29 is 0 Å². The van der Waals surface area contributed by atoms with Gasteiger partial charge in [0, 0.05) is 12.1 Å². The summed E-state index contributed by atoms with van der Waals surface area (Å²) in [5.74, 6) is 0. The molecule has 0 radical (unpaired) electrons. The molecule has 0 fully saturated rings. The van der Waals surface area contributed by atoms with Gasteiger partial charge in [-0.15, -0.1) is 0 Å². The van der Waals surface area contributed by atoms with Crippen LogP contribution in [-0.2, 0) is 0 Å². The van der Waals surface area contributed by atoms with E-state index >= 15 is 0 Å². The van der Waals surface area contributed by atoms with Crippen LogP contribution in [0, 0.1) is 0 Å². The van der Waals surface area contributed by atoms with Crippen LogP contribution in [0.3, 0.4) is 0 Å². The fourth-order valence-electron chi connectivity index (χ4n) is 0.881. The van der Waals surface area contributed by atoms with Crippen LogP contribution in [0.25, 0.3) is 0 Å². The molecule has 0 saturated carbocycles. The summed E-state index contributed by atoms with van der Waals surface area (Å²) in [5.41, 5.74) is 11.2. The summed E-state index contributed by atoms with van der Waals surface area (Å²) in [4.78, 5) is 0. The van der Waals surface area contributed by atoms with Crippen molar-refractivity contribution in [1.29, 1.82) is 0 Å². The number of hydrogen-bond acceptors (Lipinski definition) is 2. The summed E-state index contributed by atoms with van der Waals surface area (Å²) >= 11 is 0. The summed E-state index contributed by atoms with van der Waals surface area (Å²) in [6.07, 6.45) is 4.78. The van der Waals surface area contributed by atoms with Crippen molar-refractivity contribution >= 4 is 0 Å². The van der Waals surface area contributed by atoms with E-state index in [1.165, 1.54) is 19.3 Å². The van der Waals surface area contributed by atoms with Gasteiger partial charge >= 0.3 is 0 Å². The predicted octanol–water partition coefficient (Wildman–Crippen LogP) is 1.24. The third kappa shape index (κ3) is 4.77. The van der Waals surface area contributed by atoms with Crippen molar-refractivity contribution in [2.75, 3.05) is 6.54 Å². The maximum Gasteiger partial charge on any atom is 0.0249 e. The second-order valence-corrected chi connectivity index (χ2v) is 3.32. The van der Waals surface area contributed by atoms with Crippen molar-refractivity contribution in [3.8, 4) is 0 Å². The molecule has 0 aromatic heterocycles. The summed E-state index contributed by atoms with van der Waals surface area (Å²) in [7, 11) is 0. The molecule has 0 aliphatic carbocycles. The molecule has 1 unspecified atom stereocenters. The first-order valence-corrected chi connectivity index (χ1v) is 4.11. The van der Waals surface area contributed by atoms with Gasteiger partial charge in [0.05, 0.1) is 0 Å². The lowest BCUT2D eigenvalue weighted by Gasteiger charge is -2.21. The smallest absolute Gasteiger partial charge is 0.0249 e. The highest BCUT2D eigenvalue weighted by atomic mass is 14.8. The van der Waals surface area contributed by atoms with Crippen molar-refractivity contribution in [1.82, 2.24) is 0 Å². The highest BCUT2D eigenvalue weighted by Gasteiger charge is 2.14. The minimum absolute atomic E-state index is 0.130. The molecule has 1 atom stereocenters. The van der Waals surface area contributed by atoms with E-state index in [1.807, 2.05) is 6.92 Å². The maximum atomic E-state index is 5.83. The highest BCUT2D eigenvalue weighted by Crippen LogP contribution is 2.09. The quantitative estimate of drug-likeness (QED) is 0.570. The SMILES string of the molecule is CCCCCC(C)(N)CN. The van der Waals surface area contributed by atoms with Crippen LogP contribution >= 0.6 is 0 Å². The van der Waals surface area contributed by atoms with Crippen LogP contribution in [0.15, 0.2) is 0 Å². The summed E-state index contributed by atoms with van der Waals surface area (Å²) < 4.78 is 0. The highest BCUT2D eigenvalue weighted by molar-refractivity contribution is 4.78. The number of rotatable bonds is 5. The molecule has 0 aliphatic rings. The zero-order valence-corrected chi connectivity index (χ0v) is 7.19. The number of hydrogen-bond donors (Lipinski definition) is 2. The summed E-state index contributed by atoms with van der Waals surface area (Å²) in [5, 5.41) is 0. The van der Waals surface area contributed by atoms with E-state index in [4.69, 9.17) is 11.5 Å². The monoisotopic (exact) mass is 144 g/mol. The Morgan fingerprint density at radius 2 is 1.90 bits per heavy atom. The zero-order valence-electron chi connectivity index (χ0n) is 7.19. The van der Waals surface area contributed by atoms with Crippen molar-refractivity contribution in [2.45, 2.75) is 45.1 Å². The first-order valence-electron chi connectivity index (χ1n) is 4.11. The molecule has 0 spiro atoms. The molecule has 0 saturated heterocycles. The van der Waals surface area contributed by atoms with Gasteiger partial charge in [0.2, 0.25) is 0 Å². The van der Waals surface area contributed by atoms with Gasteiger partial charge in [-0.2, -0.15) is 0 Å². The standard InChI is InChI=1S/C8H20N2/c1-3-4-5-6-8(2,10)7-9/h3-7,9-10H2,1-2H3. The zero-order chi connectivity index (χ0) is 8.04. The van der Waals surface area contributed by atoms with E-state index in [-0.39, 0.29) is 5.54 Å². The third-order valence-electron chi connectivity index (χ3n) is 1.82. The van der Waals surface area contributed by atoms with Gasteiger partial charge in [0.1, 0.15) is 0 Å². The molecule has 0 rings (SSSR count). The van der Waals surface area contributed by atoms with Gasteiger partial charge in [0.15, 0.2) is 0 Å². The van der Waals surface area contributed by atoms with Gasteiger partial charge in [0.25, 0.3) is 0 Å². The fourth-order valence-corrected chi connectivity index (χ4v) is 0.881. The Balaban J connectivity index is 3.28. The Labute approximate surface area is 64.0 Å².